The lowest BCUT2D eigenvalue weighted by atomic mass is 10.0. The zero-order chi connectivity index (χ0) is 22.7. The number of methoxy groups -OCH3 is 3. The minimum atomic E-state index is -0.569. The number of hydrogen-bond acceptors (Lipinski definition) is 5. The molecule has 1 aliphatic rings. The average molecular weight is 421 g/mol. The summed E-state index contributed by atoms with van der Waals surface area (Å²) in [7, 11) is 4.41. The SMILES string of the molecule is COC(=O)C1=C(C)N(c2ccc(C(C)C)cc2)C(=O)/C1=C/c1cc(OC)ccc1OC. The van der Waals surface area contributed by atoms with Crippen LogP contribution in [-0.2, 0) is 14.3 Å². The maximum Gasteiger partial charge on any atom is 0.340 e. The minimum absolute atomic E-state index is 0.227. The van der Waals surface area contributed by atoms with E-state index in [0.717, 1.165) is 0 Å². The Balaban J connectivity index is 2.14. The second-order valence-electron chi connectivity index (χ2n) is 7.50. The summed E-state index contributed by atoms with van der Waals surface area (Å²) in [6, 6.07) is 13.0. The van der Waals surface area contributed by atoms with E-state index in [1.807, 2.05) is 24.3 Å². The molecule has 0 N–H and O–H groups in total. The van der Waals surface area contributed by atoms with Gasteiger partial charge in [0.1, 0.15) is 11.5 Å². The van der Waals surface area contributed by atoms with E-state index in [0.29, 0.717) is 34.4 Å². The molecule has 6 nitrogen and oxygen atoms in total. The van der Waals surface area contributed by atoms with Crippen molar-refractivity contribution in [3.05, 3.63) is 70.4 Å². The van der Waals surface area contributed by atoms with Gasteiger partial charge in [0.05, 0.1) is 32.5 Å². The van der Waals surface area contributed by atoms with Crippen LogP contribution in [0.5, 0.6) is 11.5 Å². The van der Waals surface area contributed by atoms with Crippen molar-refractivity contribution in [2.24, 2.45) is 0 Å². The fourth-order valence-electron chi connectivity index (χ4n) is 3.61. The highest BCUT2D eigenvalue weighted by Crippen LogP contribution is 2.37. The number of nitrogens with zero attached hydrogens (tertiary/aromatic N) is 1. The van der Waals surface area contributed by atoms with Gasteiger partial charge in [-0.05, 0) is 54.8 Å². The van der Waals surface area contributed by atoms with Crippen molar-refractivity contribution in [1.82, 2.24) is 0 Å². The van der Waals surface area contributed by atoms with Crippen molar-refractivity contribution in [1.29, 1.82) is 0 Å². The number of benzene rings is 2. The van der Waals surface area contributed by atoms with Crippen molar-refractivity contribution in [3.63, 3.8) is 0 Å². The summed E-state index contributed by atoms with van der Waals surface area (Å²) < 4.78 is 15.7. The zero-order valence-corrected chi connectivity index (χ0v) is 18.7. The van der Waals surface area contributed by atoms with Crippen LogP contribution in [0.3, 0.4) is 0 Å². The molecular formula is C25H27NO5. The van der Waals surface area contributed by atoms with E-state index in [-0.39, 0.29) is 17.1 Å². The summed E-state index contributed by atoms with van der Waals surface area (Å²) in [5.74, 6) is 0.671. The molecule has 0 aromatic heterocycles. The standard InChI is InChI=1S/C25H27NO5/c1-15(2)17-7-9-19(10-8-17)26-16(3)23(25(28)31-6)21(24(26)27)14-18-13-20(29-4)11-12-22(18)30-5/h7-15H,1-6H3/b21-14+. The van der Waals surface area contributed by atoms with E-state index >= 15 is 0 Å². The van der Waals surface area contributed by atoms with Gasteiger partial charge in [0.2, 0.25) is 0 Å². The van der Waals surface area contributed by atoms with Gasteiger partial charge in [0, 0.05) is 16.9 Å². The van der Waals surface area contributed by atoms with Gasteiger partial charge in [-0.25, -0.2) is 4.79 Å². The van der Waals surface area contributed by atoms with Gasteiger partial charge in [-0.1, -0.05) is 26.0 Å². The van der Waals surface area contributed by atoms with Gasteiger partial charge in [0.15, 0.2) is 0 Å². The molecule has 6 heteroatoms. The molecule has 1 heterocycles. The molecular weight excluding hydrogens is 394 g/mol. The van der Waals surface area contributed by atoms with Gasteiger partial charge in [0.25, 0.3) is 5.91 Å². The van der Waals surface area contributed by atoms with Crippen LogP contribution < -0.4 is 14.4 Å². The van der Waals surface area contributed by atoms with Gasteiger partial charge in [-0.3, -0.25) is 9.69 Å². The van der Waals surface area contributed by atoms with Crippen LogP contribution in [0.15, 0.2) is 59.3 Å². The van der Waals surface area contributed by atoms with Gasteiger partial charge in [-0.15, -0.1) is 0 Å². The van der Waals surface area contributed by atoms with E-state index in [1.165, 1.54) is 17.6 Å². The first-order valence-corrected chi connectivity index (χ1v) is 10.00. The van der Waals surface area contributed by atoms with E-state index in [1.54, 1.807) is 45.4 Å². The molecule has 0 atom stereocenters. The highest BCUT2D eigenvalue weighted by atomic mass is 16.5. The number of allylic oxidation sites excluding steroid dienone is 1. The Hall–Kier alpha value is -3.54. The Morgan fingerprint density at radius 2 is 1.68 bits per heavy atom. The van der Waals surface area contributed by atoms with Crippen LogP contribution in [0, 0.1) is 0 Å². The van der Waals surface area contributed by atoms with Crippen molar-refractivity contribution >= 4 is 23.6 Å². The average Bonchev–Trinajstić information content (AvgIpc) is 3.02. The molecule has 0 unspecified atom stereocenters. The molecule has 0 bridgehead atoms. The highest BCUT2D eigenvalue weighted by molar-refractivity contribution is 6.23. The van der Waals surface area contributed by atoms with Gasteiger partial charge >= 0.3 is 5.97 Å². The molecule has 0 saturated heterocycles. The number of hydrogen-bond donors (Lipinski definition) is 0. The van der Waals surface area contributed by atoms with Crippen molar-refractivity contribution in [3.8, 4) is 11.5 Å². The van der Waals surface area contributed by atoms with Crippen LogP contribution in [0.25, 0.3) is 6.08 Å². The lowest BCUT2D eigenvalue weighted by Crippen LogP contribution is -2.24. The van der Waals surface area contributed by atoms with E-state index in [2.05, 4.69) is 13.8 Å². The Morgan fingerprint density at radius 3 is 2.23 bits per heavy atom. The van der Waals surface area contributed by atoms with Crippen LogP contribution >= 0.6 is 0 Å². The smallest absolute Gasteiger partial charge is 0.340 e. The van der Waals surface area contributed by atoms with Crippen molar-refractivity contribution in [2.75, 3.05) is 26.2 Å². The Labute approximate surface area is 182 Å². The topological polar surface area (TPSA) is 65.1 Å². The third kappa shape index (κ3) is 4.19. The van der Waals surface area contributed by atoms with Gasteiger partial charge < -0.3 is 14.2 Å². The van der Waals surface area contributed by atoms with Crippen LogP contribution in [0.4, 0.5) is 5.69 Å². The molecule has 1 aliphatic heterocycles. The largest absolute Gasteiger partial charge is 0.497 e. The van der Waals surface area contributed by atoms with E-state index in [4.69, 9.17) is 14.2 Å². The fourth-order valence-corrected chi connectivity index (χ4v) is 3.61. The molecule has 3 rings (SSSR count). The molecule has 0 aliphatic carbocycles. The first-order valence-electron chi connectivity index (χ1n) is 10.00. The van der Waals surface area contributed by atoms with Crippen molar-refractivity contribution in [2.45, 2.75) is 26.7 Å². The minimum Gasteiger partial charge on any atom is -0.497 e. The number of carbonyl (C=O) groups excluding carboxylic acids is 2. The summed E-state index contributed by atoms with van der Waals surface area (Å²) in [6.45, 7) is 5.96. The second-order valence-corrected chi connectivity index (χ2v) is 7.50. The lowest BCUT2D eigenvalue weighted by molar-refractivity contribution is -0.136. The monoisotopic (exact) mass is 421 g/mol. The Kier molecular flexibility index (Phi) is 6.49. The fraction of sp³-hybridized carbons (Fsp3) is 0.280. The number of carbonyl (C=O) groups is 2. The maximum absolute atomic E-state index is 13.5. The van der Waals surface area contributed by atoms with Crippen LogP contribution in [0.1, 0.15) is 37.8 Å². The first kappa shape index (κ1) is 22.2. The van der Waals surface area contributed by atoms with E-state index in [9.17, 15) is 9.59 Å². The molecule has 162 valence electrons. The Bertz CT molecular complexity index is 1060. The number of esters is 1. The highest BCUT2D eigenvalue weighted by Gasteiger charge is 2.38. The van der Waals surface area contributed by atoms with Gasteiger partial charge in [-0.2, -0.15) is 0 Å². The molecule has 0 fully saturated rings. The number of ether oxygens (including phenoxy) is 3. The molecule has 0 radical (unpaired) electrons. The summed E-state index contributed by atoms with van der Waals surface area (Å²) in [5.41, 5.74) is 3.46. The normalized spacial score (nSPS) is 15.1. The zero-order valence-electron chi connectivity index (χ0n) is 18.7. The number of amides is 1. The summed E-state index contributed by atoms with van der Waals surface area (Å²) in [4.78, 5) is 27.6. The quantitative estimate of drug-likeness (QED) is 0.499. The first-order chi connectivity index (χ1) is 14.8. The predicted octanol–water partition coefficient (Wildman–Crippen LogP) is 4.70. The molecule has 2 aromatic carbocycles. The van der Waals surface area contributed by atoms with Crippen LogP contribution in [-0.4, -0.2) is 33.2 Å². The third-order valence-corrected chi connectivity index (χ3v) is 5.34. The predicted molar refractivity (Wildman–Crippen MR) is 120 cm³/mol. The lowest BCUT2D eigenvalue weighted by Gasteiger charge is -2.19. The third-order valence-electron chi connectivity index (χ3n) is 5.34. The summed E-state index contributed by atoms with van der Waals surface area (Å²) >= 11 is 0. The second kappa shape index (κ2) is 9.08. The summed E-state index contributed by atoms with van der Waals surface area (Å²) in [6.07, 6.45) is 1.64. The van der Waals surface area contributed by atoms with E-state index < -0.39 is 5.97 Å². The number of anilines is 1. The summed E-state index contributed by atoms with van der Waals surface area (Å²) in [5, 5.41) is 0. The Morgan fingerprint density at radius 1 is 1.00 bits per heavy atom. The molecule has 0 saturated carbocycles. The van der Waals surface area contributed by atoms with Crippen molar-refractivity contribution < 1.29 is 23.8 Å². The molecule has 0 spiro atoms. The number of rotatable bonds is 6. The molecule has 1 amide bonds. The maximum atomic E-state index is 13.5. The van der Waals surface area contributed by atoms with Crippen LogP contribution in [0.2, 0.25) is 0 Å². The molecule has 31 heavy (non-hydrogen) atoms. The molecule has 2 aromatic rings.